The van der Waals surface area contributed by atoms with Crippen LogP contribution in [0.1, 0.15) is 22.3 Å². The van der Waals surface area contributed by atoms with E-state index in [4.69, 9.17) is 15.0 Å². The van der Waals surface area contributed by atoms with Crippen LogP contribution in [-0.2, 0) is 5.41 Å². The van der Waals surface area contributed by atoms with E-state index in [0.717, 1.165) is 61.3 Å². The van der Waals surface area contributed by atoms with Gasteiger partial charge in [-0.1, -0.05) is 218 Å². The highest BCUT2D eigenvalue weighted by molar-refractivity contribution is 6.12. The molecule has 0 aliphatic heterocycles. The first-order chi connectivity index (χ1) is 37.2. The van der Waals surface area contributed by atoms with E-state index < -0.39 is 5.41 Å². The first-order valence-electron chi connectivity index (χ1n) is 25.6. The highest BCUT2D eigenvalue weighted by atomic mass is 15.0. The van der Waals surface area contributed by atoms with Gasteiger partial charge in [-0.25, -0.2) is 15.0 Å². The van der Waals surface area contributed by atoms with Crippen LogP contribution in [-0.4, -0.2) is 24.1 Å². The molecule has 0 atom stereocenters. The Morgan fingerprint density at radius 1 is 0.253 bits per heavy atom. The zero-order chi connectivity index (χ0) is 49.5. The van der Waals surface area contributed by atoms with E-state index in [1.54, 1.807) is 0 Å². The Morgan fingerprint density at radius 2 is 0.667 bits per heavy atom. The minimum Gasteiger partial charge on any atom is -0.309 e. The summed E-state index contributed by atoms with van der Waals surface area (Å²) in [5.41, 5.74) is 18.6. The second-order valence-corrected chi connectivity index (χ2v) is 19.5. The van der Waals surface area contributed by atoms with Crippen molar-refractivity contribution < 1.29 is 0 Å². The smallest absolute Gasteiger partial charge is 0.164 e. The molecule has 1 aliphatic rings. The molecule has 3 aromatic heterocycles. The highest BCUT2D eigenvalue weighted by Gasteiger charge is 2.46. The number of aromatic nitrogens is 5. The van der Waals surface area contributed by atoms with E-state index in [-0.39, 0.29) is 0 Å². The predicted molar refractivity (Wildman–Crippen MR) is 308 cm³/mol. The summed E-state index contributed by atoms with van der Waals surface area (Å²) in [5.74, 6) is 1.79. The normalized spacial score (nSPS) is 12.6. The van der Waals surface area contributed by atoms with Crippen LogP contribution in [0.5, 0.6) is 0 Å². The minimum atomic E-state index is -0.540. The van der Waals surface area contributed by atoms with E-state index in [1.165, 1.54) is 54.9 Å². The van der Waals surface area contributed by atoms with Gasteiger partial charge in [0, 0.05) is 49.6 Å². The summed E-state index contributed by atoms with van der Waals surface area (Å²) >= 11 is 0. The maximum absolute atomic E-state index is 5.37. The van der Waals surface area contributed by atoms with E-state index in [2.05, 4.69) is 276 Å². The number of rotatable bonds is 8. The van der Waals surface area contributed by atoms with Crippen molar-refractivity contribution in [2.75, 3.05) is 0 Å². The lowest BCUT2D eigenvalue weighted by Crippen LogP contribution is -2.28. The van der Waals surface area contributed by atoms with Crippen LogP contribution in [0.4, 0.5) is 0 Å². The first-order valence-corrected chi connectivity index (χ1v) is 25.6. The summed E-state index contributed by atoms with van der Waals surface area (Å²) in [5, 5.41) is 4.83. The standard InChI is InChI=1S/C70H45N5/c1-4-20-46(21-5-1)47-38-40-48(41-39-47)67-71-68(49-22-18-28-53(42-49)74-63-35-15-11-31-56(63)57-32-12-16-36-64(57)74)73-69(72-67)50-23-19-29-54(43-50)75-65-37-17-13-33-58(65)60-44-59-55-30-10-14-34-61(55)70(62(59)45-66(60)75,51-24-6-2-7-25-51)52-26-8-3-9-27-52/h1-45H. The number of nitrogens with zero attached hydrogens (tertiary/aromatic N) is 5. The number of fused-ring (bicyclic) bond motifs is 9. The van der Waals surface area contributed by atoms with Crippen molar-refractivity contribution in [1.82, 2.24) is 24.1 Å². The lowest BCUT2D eigenvalue weighted by molar-refractivity contribution is 0.769. The fourth-order valence-corrected chi connectivity index (χ4v) is 12.2. The lowest BCUT2D eigenvalue weighted by Gasteiger charge is -2.34. The third-order valence-corrected chi connectivity index (χ3v) is 15.4. The van der Waals surface area contributed by atoms with Crippen molar-refractivity contribution in [1.29, 1.82) is 0 Å². The van der Waals surface area contributed by atoms with E-state index in [1.807, 2.05) is 6.07 Å². The number of para-hydroxylation sites is 3. The Labute approximate surface area is 434 Å². The van der Waals surface area contributed by atoms with Gasteiger partial charge in [0.2, 0.25) is 0 Å². The van der Waals surface area contributed by atoms with E-state index in [9.17, 15) is 0 Å². The molecule has 3 heterocycles. The van der Waals surface area contributed by atoms with Gasteiger partial charge in [0.25, 0.3) is 0 Å². The largest absolute Gasteiger partial charge is 0.309 e. The molecule has 0 fully saturated rings. The van der Waals surface area contributed by atoms with Crippen molar-refractivity contribution in [2.45, 2.75) is 5.41 Å². The molecule has 350 valence electrons. The van der Waals surface area contributed by atoms with Crippen LogP contribution in [0, 0.1) is 0 Å². The molecule has 0 bridgehead atoms. The maximum atomic E-state index is 5.37. The Balaban J connectivity index is 0.926. The molecule has 15 rings (SSSR count). The lowest BCUT2D eigenvalue weighted by atomic mass is 9.67. The topological polar surface area (TPSA) is 48.5 Å². The SMILES string of the molecule is c1ccc(-c2ccc(-c3nc(-c4cccc(-n5c6ccccc6c6ccccc65)c4)nc(-c4cccc(-n5c6ccccc6c6cc7c(cc65)C(c5ccccc5)(c5ccccc5)c5ccccc5-7)c4)n3)cc2)cc1. The molecule has 0 saturated carbocycles. The molecule has 0 radical (unpaired) electrons. The van der Waals surface area contributed by atoms with Gasteiger partial charge in [0.05, 0.1) is 27.5 Å². The quantitative estimate of drug-likeness (QED) is 0.152. The molecule has 5 nitrogen and oxygen atoms in total. The highest BCUT2D eigenvalue weighted by Crippen LogP contribution is 2.57. The van der Waals surface area contributed by atoms with Crippen molar-refractivity contribution >= 4 is 43.6 Å². The Hall–Kier alpha value is -9.97. The summed E-state index contributed by atoms with van der Waals surface area (Å²) < 4.78 is 4.77. The summed E-state index contributed by atoms with van der Waals surface area (Å²) in [4.78, 5) is 16.0. The van der Waals surface area contributed by atoms with Crippen molar-refractivity contribution in [3.63, 3.8) is 0 Å². The molecule has 0 unspecified atom stereocenters. The van der Waals surface area contributed by atoms with Gasteiger partial charge in [-0.15, -0.1) is 0 Å². The number of hydrogen-bond donors (Lipinski definition) is 0. The van der Waals surface area contributed by atoms with Crippen LogP contribution >= 0.6 is 0 Å². The molecule has 14 aromatic rings. The van der Waals surface area contributed by atoms with Crippen LogP contribution in [0.15, 0.2) is 273 Å². The minimum absolute atomic E-state index is 0.540. The van der Waals surface area contributed by atoms with Gasteiger partial charge >= 0.3 is 0 Å². The molecule has 5 heteroatoms. The summed E-state index contributed by atoms with van der Waals surface area (Å²) in [6.07, 6.45) is 0. The van der Waals surface area contributed by atoms with Gasteiger partial charge in [0.15, 0.2) is 17.5 Å². The first kappa shape index (κ1) is 42.7. The third-order valence-electron chi connectivity index (χ3n) is 15.4. The molecule has 75 heavy (non-hydrogen) atoms. The molecule has 0 N–H and O–H groups in total. The van der Waals surface area contributed by atoms with Gasteiger partial charge in [0.1, 0.15) is 0 Å². The second-order valence-electron chi connectivity index (χ2n) is 19.5. The zero-order valence-corrected chi connectivity index (χ0v) is 40.7. The van der Waals surface area contributed by atoms with Gasteiger partial charge in [-0.05, 0) is 99.1 Å². The Kier molecular flexibility index (Phi) is 9.72. The number of benzene rings is 11. The van der Waals surface area contributed by atoms with Crippen LogP contribution in [0.2, 0.25) is 0 Å². The molecule has 0 saturated heterocycles. The molecule has 1 aliphatic carbocycles. The summed E-state index contributed by atoms with van der Waals surface area (Å²) in [6.45, 7) is 0. The molecule has 0 spiro atoms. The van der Waals surface area contributed by atoms with Crippen molar-refractivity contribution in [3.05, 3.63) is 295 Å². The van der Waals surface area contributed by atoms with Crippen molar-refractivity contribution in [2.24, 2.45) is 0 Å². The fourth-order valence-electron chi connectivity index (χ4n) is 12.2. The number of hydrogen-bond acceptors (Lipinski definition) is 3. The third kappa shape index (κ3) is 6.68. The predicted octanol–water partition coefficient (Wildman–Crippen LogP) is 17.1. The summed E-state index contributed by atoms with van der Waals surface area (Å²) in [7, 11) is 0. The second kappa shape index (κ2) is 17.1. The van der Waals surface area contributed by atoms with Crippen LogP contribution < -0.4 is 0 Å². The Morgan fingerprint density at radius 3 is 1.23 bits per heavy atom. The molecule has 11 aromatic carbocycles. The monoisotopic (exact) mass is 955 g/mol. The maximum Gasteiger partial charge on any atom is 0.164 e. The van der Waals surface area contributed by atoms with Gasteiger partial charge < -0.3 is 9.13 Å². The summed E-state index contributed by atoms with van der Waals surface area (Å²) in [6, 6.07) is 98.3. The van der Waals surface area contributed by atoms with E-state index >= 15 is 0 Å². The average Bonchev–Trinajstić information content (AvgIpc) is 4.29. The van der Waals surface area contributed by atoms with E-state index in [0.29, 0.717) is 17.5 Å². The van der Waals surface area contributed by atoms with Crippen LogP contribution in [0.3, 0.4) is 0 Å². The zero-order valence-electron chi connectivity index (χ0n) is 40.7. The Bertz CT molecular complexity index is 4420. The van der Waals surface area contributed by atoms with Crippen molar-refractivity contribution in [3.8, 4) is 67.8 Å². The molecule has 0 amide bonds. The average molecular weight is 956 g/mol. The van der Waals surface area contributed by atoms with Gasteiger partial charge in [-0.2, -0.15) is 0 Å². The fraction of sp³-hybridized carbons (Fsp3) is 0.0143. The molecular formula is C70H45N5. The van der Waals surface area contributed by atoms with Crippen LogP contribution in [0.25, 0.3) is 111 Å². The molecular weight excluding hydrogens is 911 g/mol. The van der Waals surface area contributed by atoms with Gasteiger partial charge in [-0.3, -0.25) is 0 Å².